The number of carboxylic acids is 1. The number of aliphatic carboxylic acids is 1. The number of carbonyl (C=O) groups is 3. The summed E-state index contributed by atoms with van der Waals surface area (Å²) in [5.41, 5.74) is 4.26. The Kier molecular flexibility index (Phi) is 12.7. The standard InChI is InChI=1S/C39H44N4O6/c1-2-3-4-5-9-23-48-33-20-18-30(19-21-33)32-25-40-36(41-26-32)31-16-14-28(15-17-31)24-34(37(44)43-22-10-13-35(43)38(45)46)42-39(47)49-27-29-11-7-6-8-12-29/h6-8,11-12,14-21,25-26,34-35H,2-5,9-10,13,22-24,27H2,1H3,(H,42,47)(H,45,46)/t34?,35-/m0/s1. The second-order valence-corrected chi connectivity index (χ2v) is 12.3. The summed E-state index contributed by atoms with van der Waals surface area (Å²) in [6.07, 6.45) is 9.94. The first-order chi connectivity index (χ1) is 23.9. The summed E-state index contributed by atoms with van der Waals surface area (Å²) in [6, 6.07) is 22.7. The lowest BCUT2D eigenvalue weighted by atomic mass is 10.0. The van der Waals surface area contributed by atoms with Crippen LogP contribution in [0.1, 0.15) is 63.0 Å². The number of hydrogen-bond donors (Lipinski definition) is 2. The first-order valence-corrected chi connectivity index (χ1v) is 17.1. The zero-order chi connectivity index (χ0) is 34.4. The zero-order valence-electron chi connectivity index (χ0n) is 27.9. The summed E-state index contributed by atoms with van der Waals surface area (Å²) in [5.74, 6) is -0.107. The molecule has 1 fully saturated rings. The summed E-state index contributed by atoms with van der Waals surface area (Å²) >= 11 is 0. The zero-order valence-corrected chi connectivity index (χ0v) is 27.9. The molecule has 0 bridgehead atoms. The molecule has 10 nitrogen and oxygen atoms in total. The van der Waals surface area contributed by atoms with Crippen LogP contribution in [0.15, 0.2) is 91.3 Å². The lowest BCUT2D eigenvalue weighted by molar-refractivity contribution is -0.148. The van der Waals surface area contributed by atoms with E-state index in [0.717, 1.165) is 46.6 Å². The van der Waals surface area contributed by atoms with Gasteiger partial charge in [0.15, 0.2) is 5.82 Å². The van der Waals surface area contributed by atoms with Crippen LogP contribution < -0.4 is 10.1 Å². The highest BCUT2D eigenvalue weighted by Gasteiger charge is 2.37. The number of unbranched alkanes of at least 4 members (excludes halogenated alkanes) is 4. The number of alkyl carbamates (subject to hydrolysis) is 1. The Hall–Kier alpha value is -5.25. The number of ether oxygens (including phenoxy) is 2. The van der Waals surface area contributed by atoms with Crippen molar-refractivity contribution in [2.24, 2.45) is 0 Å². The highest BCUT2D eigenvalue weighted by molar-refractivity contribution is 5.90. The van der Waals surface area contributed by atoms with Gasteiger partial charge in [-0.1, -0.05) is 99.3 Å². The number of hydrogen-bond acceptors (Lipinski definition) is 7. The van der Waals surface area contributed by atoms with Crippen LogP contribution in [0.2, 0.25) is 0 Å². The molecule has 4 aromatic rings. The van der Waals surface area contributed by atoms with Crippen molar-refractivity contribution in [2.45, 2.75) is 77.0 Å². The monoisotopic (exact) mass is 664 g/mol. The maximum Gasteiger partial charge on any atom is 0.408 e. The van der Waals surface area contributed by atoms with Crippen molar-refractivity contribution in [3.05, 3.63) is 102 Å². The molecule has 0 radical (unpaired) electrons. The van der Waals surface area contributed by atoms with Gasteiger partial charge in [-0.05, 0) is 48.1 Å². The third-order valence-corrected chi connectivity index (χ3v) is 8.63. The molecule has 1 aliphatic heterocycles. The predicted molar refractivity (Wildman–Crippen MR) is 187 cm³/mol. The fraction of sp³-hybridized carbons (Fsp3) is 0.359. The normalized spacial score (nSPS) is 14.6. The van der Waals surface area contributed by atoms with E-state index in [9.17, 15) is 19.5 Å². The van der Waals surface area contributed by atoms with Gasteiger partial charge in [-0.15, -0.1) is 0 Å². The third-order valence-electron chi connectivity index (χ3n) is 8.63. The van der Waals surface area contributed by atoms with Gasteiger partial charge < -0.3 is 24.8 Å². The van der Waals surface area contributed by atoms with Crippen LogP contribution >= 0.6 is 0 Å². The van der Waals surface area contributed by atoms with E-state index in [0.29, 0.717) is 25.2 Å². The van der Waals surface area contributed by atoms with Crippen LogP contribution in [-0.4, -0.2) is 63.2 Å². The van der Waals surface area contributed by atoms with Gasteiger partial charge in [0.2, 0.25) is 5.91 Å². The maximum atomic E-state index is 13.6. The van der Waals surface area contributed by atoms with Crippen molar-refractivity contribution < 1.29 is 29.0 Å². The average Bonchev–Trinajstić information content (AvgIpc) is 3.64. The molecule has 10 heteroatoms. The Labute approximate surface area is 287 Å². The number of benzene rings is 3. The molecule has 2 atom stereocenters. The van der Waals surface area contributed by atoms with E-state index in [1.807, 2.05) is 78.9 Å². The Balaban J connectivity index is 1.20. The van der Waals surface area contributed by atoms with Gasteiger partial charge in [-0.25, -0.2) is 19.6 Å². The number of nitrogens with zero attached hydrogens (tertiary/aromatic N) is 3. The minimum Gasteiger partial charge on any atom is -0.494 e. The van der Waals surface area contributed by atoms with E-state index in [-0.39, 0.29) is 13.0 Å². The summed E-state index contributed by atoms with van der Waals surface area (Å²) in [4.78, 5) is 48.7. The van der Waals surface area contributed by atoms with Gasteiger partial charge in [-0.3, -0.25) is 4.79 Å². The minimum atomic E-state index is -1.05. The SMILES string of the molecule is CCCCCCCOc1ccc(-c2cnc(-c3ccc(CC(NC(=O)OCc4ccccc4)C(=O)N4CCC[C@H]4C(=O)O)cc3)nc2)cc1. The van der Waals surface area contributed by atoms with Crippen LogP contribution in [-0.2, 0) is 27.4 Å². The minimum absolute atomic E-state index is 0.0432. The molecule has 256 valence electrons. The molecule has 1 aliphatic rings. The fourth-order valence-corrected chi connectivity index (χ4v) is 5.89. The topological polar surface area (TPSA) is 131 Å². The average molecular weight is 665 g/mol. The molecule has 1 aromatic heterocycles. The van der Waals surface area contributed by atoms with Gasteiger partial charge in [0.25, 0.3) is 0 Å². The van der Waals surface area contributed by atoms with Gasteiger partial charge >= 0.3 is 12.1 Å². The van der Waals surface area contributed by atoms with Gasteiger partial charge in [0.1, 0.15) is 24.4 Å². The van der Waals surface area contributed by atoms with E-state index in [1.54, 1.807) is 12.4 Å². The van der Waals surface area contributed by atoms with Crippen molar-refractivity contribution >= 4 is 18.0 Å². The van der Waals surface area contributed by atoms with E-state index >= 15 is 0 Å². The van der Waals surface area contributed by atoms with Crippen molar-refractivity contribution in [2.75, 3.05) is 13.2 Å². The number of aromatic nitrogens is 2. The van der Waals surface area contributed by atoms with E-state index < -0.39 is 30.1 Å². The molecule has 0 spiro atoms. The number of nitrogens with one attached hydrogen (secondary N) is 1. The van der Waals surface area contributed by atoms with Crippen LogP contribution in [0.5, 0.6) is 5.75 Å². The number of carboxylic acid groups (broad SMARTS) is 1. The Bertz CT molecular complexity index is 1650. The van der Waals surface area contributed by atoms with Crippen LogP contribution in [0.3, 0.4) is 0 Å². The van der Waals surface area contributed by atoms with Crippen LogP contribution in [0.4, 0.5) is 4.79 Å². The summed E-state index contributed by atoms with van der Waals surface area (Å²) < 4.78 is 11.3. The van der Waals surface area contributed by atoms with Crippen molar-refractivity contribution in [3.63, 3.8) is 0 Å². The Morgan fingerprint density at radius 2 is 1.55 bits per heavy atom. The number of likely N-dealkylation sites (tertiary alicyclic amines) is 1. The van der Waals surface area contributed by atoms with Crippen molar-refractivity contribution in [3.8, 4) is 28.3 Å². The Morgan fingerprint density at radius 3 is 2.24 bits per heavy atom. The van der Waals surface area contributed by atoms with Gasteiger partial charge in [0.05, 0.1) is 6.61 Å². The number of rotatable bonds is 16. The van der Waals surface area contributed by atoms with E-state index in [2.05, 4.69) is 22.2 Å². The van der Waals surface area contributed by atoms with Crippen LogP contribution in [0, 0.1) is 0 Å². The molecule has 0 aliphatic carbocycles. The molecule has 1 saturated heterocycles. The summed E-state index contributed by atoms with van der Waals surface area (Å²) in [7, 11) is 0. The third kappa shape index (κ3) is 10.1. The number of amides is 2. The fourth-order valence-electron chi connectivity index (χ4n) is 5.89. The van der Waals surface area contributed by atoms with E-state index in [4.69, 9.17) is 9.47 Å². The maximum absolute atomic E-state index is 13.6. The lowest BCUT2D eigenvalue weighted by Crippen LogP contribution is -2.52. The quantitative estimate of drug-likeness (QED) is 0.122. The molecule has 3 aromatic carbocycles. The van der Waals surface area contributed by atoms with E-state index in [1.165, 1.54) is 30.6 Å². The van der Waals surface area contributed by atoms with Crippen molar-refractivity contribution in [1.82, 2.24) is 20.2 Å². The molecule has 49 heavy (non-hydrogen) atoms. The highest BCUT2D eigenvalue weighted by Crippen LogP contribution is 2.24. The summed E-state index contributed by atoms with van der Waals surface area (Å²) in [6.45, 7) is 3.29. The van der Waals surface area contributed by atoms with Crippen molar-refractivity contribution in [1.29, 1.82) is 0 Å². The first-order valence-electron chi connectivity index (χ1n) is 17.1. The largest absolute Gasteiger partial charge is 0.494 e. The molecule has 5 rings (SSSR count). The molecular formula is C39H44N4O6. The molecule has 2 amide bonds. The Morgan fingerprint density at radius 1 is 0.857 bits per heavy atom. The number of carbonyl (C=O) groups excluding carboxylic acids is 2. The molecule has 0 saturated carbocycles. The molecule has 1 unspecified atom stereocenters. The molecular weight excluding hydrogens is 620 g/mol. The highest BCUT2D eigenvalue weighted by atomic mass is 16.5. The van der Waals surface area contributed by atoms with Gasteiger partial charge in [0, 0.05) is 36.5 Å². The summed E-state index contributed by atoms with van der Waals surface area (Å²) in [5, 5.41) is 12.3. The molecule has 2 heterocycles. The predicted octanol–water partition coefficient (Wildman–Crippen LogP) is 7.07. The second-order valence-electron chi connectivity index (χ2n) is 12.3. The smallest absolute Gasteiger partial charge is 0.408 e. The van der Waals surface area contributed by atoms with Crippen LogP contribution in [0.25, 0.3) is 22.5 Å². The molecule has 2 N–H and O–H groups in total. The first kappa shape index (κ1) is 35.1. The van der Waals surface area contributed by atoms with Gasteiger partial charge in [-0.2, -0.15) is 0 Å². The second kappa shape index (κ2) is 17.8. The lowest BCUT2D eigenvalue weighted by Gasteiger charge is -2.27.